The van der Waals surface area contributed by atoms with Crippen molar-refractivity contribution in [3.63, 3.8) is 0 Å². The zero-order valence-electron chi connectivity index (χ0n) is 21.1. The van der Waals surface area contributed by atoms with Gasteiger partial charge in [0.25, 0.3) is 0 Å². The van der Waals surface area contributed by atoms with Gasteiger partial charge in [-0.3, -0.25) is 10.8 Å². The van der Waals surface area contributed by atoms with E-state index >= 15 is 0 Å². The third kappa shape index (κ3) is 6.24. The topological polar surface area (TPSA) is 85.9 Å². The Morgan fingerprint density at radius 3 is 1.14 bits per heavy atom. The van der Waals surface area contributed by atoms with Crippen molar-refractivity contribution in [3.05, 3.63) is 59.8 Å². The first-order valence-corrected chi connectivity index (χ1v) is 12.3. The van der Waals surface area contributed by atoms with Crippen LogP contribution in [-0.2, 0) is 35.7 Å². The van der Waals surface area contributed by atoms with Crippen molar-refractivity contribution in [1.29, 1.82) is 10.8 Å². The molecule has 0 unspecified atom stereocenters. The second kappa shape index (κ2) is 14.3. The lowest BCUT2D eigenvalue weighted by Crippen LogP contribution is -2.27. The molecule has 0 spiro atoms. The Bertz CT molecular complexity index is 1250. The summed E-state index contributed by atoms with van der Waals surface area (Å²) in [6.07, 6.45) is 2.00. The minimum Gasteiger partial charge on any atom is -0.377 e. The molecule has 0 radical (unpaired) electrons. The standard InChI is InChI=1S/C26H36N6O2.2ClH/c1-3-13-29-21-9-5-7-11-23(21)31(25(29)27)15-17-33-19-20-34-18-16-32-24-12-8-6-10-22(24)30(14-4-2)26(32)28;;/h5-12,27-28H,3-4,13-20H2,1-2H3;2*1H. The zero-order chi connectivity index (χ0) is 23.9. The van der Waals surface area contributed by atoms with Crippen molar-refractivity contribution in [1.82, 2.24) is 18.3 Å². The van der Waals surface area contributed by atoms with Crippen LogP contribution in [0.1, 0.15) is 26.7 Å². The Morgan fingerprint density at radius 2 is 0.833 bits per heavy atom. The minimum atomic E-state index is 0. The molecule has 0 fully saturated rings. The summed E-state index contributed by atoms with van der Waals surface area (Å²) < 4.78 is 19.8. The van der Waals surface area contributed by atoms with Gasteiger partial charge in [0.05, 0.1) is 48.5 Å². The predicted molar refractivity (Wildman–Crippen MR) is 148 cm³/mol. The molecule has 8 nitrogen and oxygen atoms in total. The van der Waals surface area contributed by atoms with Gasteiger partial charge in [-0.2, -0.15) is 0 Å². The summed E-state index contributed by atoms with van der Waals surface area (Å²) in [6.45, 7) is 9.34. The highest BCUT2D eigenvalue weighted by atomic mass is 35.5. The van der Waals surface area contributed by atoms with Gasteiger partial charge in [0.15, 0.2) is 0 Å². The minimum absolute atomic E-state index is 0. The highest BCUT2D eigenvalue weighted by Crippen LogP contribution is 2.14. The molecular formula is C26H38Cl2N6O2. The number of fused-ring (bicyclic) bond motifs is 2. The number of ether oxygens (including phenoxy) is 2. The molecule has 0 aliphatic heterocycles. The Hall–Kier alpha value is -2.52. The van der Waals surface area contributed by atoms with Crippen molar-refractivity contribution in [2.45, 2.75) is 52.9 Å². The van der Waals surface area contributed by atoms with Gasteiger partial charge in [-0.05, 0) is 37.1 Å². The van der Waals surface area contributed by atoms with E-state index in [-0.39, 0.29) is 24.8 Å². The highest BCUT2D eigenvalue weighted by Gasteiger charge is 2.10. The number of para-hydroxylation sites is 4. The fraction of sp³-hybridized carbons (Fsp3) is 0.462. The van der Waals surface area contributed by atoms with Crippen LogP contribution in [0, 0.1) is 10.8 Å². The van der Waals surface area contributed by atoms with Crippen LogP contribution in [0.15, 0.2) is 48.5 Å². The first kappa shape index (κ1) is 29.7. The van der Waals surface area contributed by atoms with Crippen molar-refractivity contribution in [3.8, 4) is 0 Å². The lowest BCUT2D eigenvalue weighted by molar-refractivity contribution is 0.0419. The normalized spacial score (nSPS) is 11.1. The molecule has 2 aromatic carbocycles. The second-order valence-corrected chi connectivity index (χ2v) is 8.46. The van der Waals surface area contributed by atoms with Crippen LogP contribution in [0.5, 0.6) is 0 Å². The molecule has 0 saturated heterocycles. The largest absolute Gasteiger partial charge is 0.377 e. The van der Waals surface area contributed by atoms with Crippen LogP contribution in [0.3, 0.4) is 0 Å². The fourth-order valence-corrected chi connectivity index (χ4v) is 4.58. The average Bonchev–Trinajstić information content (AvgIpc) is 3.27. The number of rotatable bonds is 13. The van der Waals surface area contributed by atoms with Crippen LogP contribution in [0.4, 0.5) is 0 Å². The SMILES string of the molecule is CCCn1c(=N)n(CCOCCOCCn2c(=N)n(CCC)c3ccccc32)c2ccccc21.Cl.Cl. The summed E-state index contributed by atoms with van der Waals surface area (Å²) >= 11 is 0. The molecule has 0 aliphatic carbocycles. The molecule has 0 saturated carbocycles. The molecule has 4 aromatic rings. The van der Waals surface area contributed by atoms with Gasteiger partial charge in [0.1, 0.15) is 0 Å². The maximum Gasteiger partial charge on any atom is 0.203 e. The summed E-state index contributed by atoms with van der Waals surface area (Å²) in [5.74, 6) is 0. The Kier molecular flexibility index (Phi) is 11.8. The maximum atomic E-state index is 8.56. The van der Waals surface area contributed by atoms with Crippen molar-refractivity contribution in [2.75, 3.05) is 26.4 Å². The van der Waals surface area contributed by atoms with E-state index in [1.807, 2.05) is 33.4 Å². The lowest BCUT2D eigenvalue weighted by Gasteiger charge is -2.08. The molecule has 2 N–H and O–H groups in total. The number of nitrogens with zero attached hydrogens (tertiary/aromatic N) is 4. The van der Waals surface area contributed by atoms with Crippen LogP contribution < -0.4 is 11.2 Å². The molecule has 4 rings (SSSR count). The summed E-state index contributed by atoms with van der Waals surface area (Å²) in [4.78, 5) is 0. The number of benzene rings is 2. The number of aryl methyl sites for hydroxylation is 2. The maximum absolute atomic E-state index is 8.56. The van der Waals surface area contributed by atoms with Crippen LogP contribution >= 0.6 is 24.8 Å². The smallest absolute Gasteiger partial charge is 0.203 e. The number of hydrogen-bond donors (Lipinski definition) is 2. The number of halogens is 2. The first-order chi connectivity index (χ1) is 16.7. The van der Waals surface area contributed by atoms with E-state index in [0.29, 0.717) is 50.8 Å². The molecule has 0 aliphatic rings. The van der Waals surface area contributed by atoms with E-state index in [1.165, 1.54) is 0 Å². The van der Waals surface area contributed by atoms with Crippen LogP contribution in [0.25, 0.3) is 22.1 Å². The third-order valence-electron chi connectivity index (χ3n) is 6.13. The number of aromatic nitrogens is 4. The van der Waals surface area contributed by atoms with Gasteiger partial charge < -0.3 is 27.7 Å². The Balaban J connectivity index is 0.00000228. The van der Waals surface area contributed by atoms with Gasteiger partial charge in [0, 0.05) is 26.2 Å². The third-order valence-corrected chi connectivity index (χ3v) is 6.13. The molecule has 36 heavy (non-hydrogen) atoms. The van der Waals surface area contributed by atoms with E-state index < -0.39 is 0 Å². The zero-order valence-corrected chi connectivity index (χ0v) is 22.7. The van der Waals surface area contributed by atoms with Crippen molar-refractivity contribution in [2.24, 2.45) is 0 Å². The van der Waals surface area contributed by atoms with E-state index in [4.69, 9.17) is 20.3 Å². The molecule has 0 amide bonds. The molecular weight excluding hydrogens is 499 g/mol. The molecule has 0 bridgehead atoms. The van der Waals surface area contributed by atoms with Gasteiger partial charge >= 0.3 is 0 Å². The lowest BCUT2D eigenvalue weighted by atomic mass is 10.3. The molecule has 0 atom stereocenters. The monoisotopic (exact) mass is 536 g/mol. The van der Waals surface area contributed by atoms with E-state index in [0.717, 1.165) is 48.0 Å². The average molecular weight is 538 g/mol. The summed E-state index contributed by atoms with van der Waals surface area (Å²) in [5, 5.41) is 17.1. The van der Waals surface area contributed by atoms with E-state index in [1.54, 1.807) is 0 Å². The van der Waals surface area contributed by atoms with Gasteiger partial charge in [-0.15, -0.1) is 24.8 Å². The molecule has 2 heterocycles. The molecule has 10 heteroatoms. The number of nitrogens with one attached hydrogen (secondary N) is 2. The Morgan fingerprint density at radius 1 is 0.528 bits per heavy atom. The number of hydrogen-bond acceptors (Lipinski definition) is 4. The quantitative estimate of drug-likeness (QED) is 0.245. The molecule has 198 valence electrons. The Labute approximate surface area is 224 Å². The predicted octanol–water partition coefficient (Wildman–Crippen LogP) is 4.55. The van der Waals surface area contributed by atoms with E-state index in [9.17, 15) is 0 Å². The summed E-state index contributed by atoms with van der Waals surface area (Å²) in [6, 6.07) is 16.4. The van der Waals surface area contributed by atoms with Gasteiger partial charge in [-0.25, -0.2) is 0 Å². The van der Waals surface area contributed by atoms with Crippen LogP contribution in [-0.4, -0.2) is 44.7 Å². The number of imidazole rings is 2. The van der Waals surface area contributed by atoms with E-state index in [2.05, 4.69) is 47.2 Å². The first-order valence-electron chi connectivity index (χ1n) is 12.3. The summed E-state index contributed by atoms with van der Waals surface area (Å²) in [5.41, 5.74) is 5.40. The van der Waals surface area contributed by atoms with Crippen molar-refractivity contribution >= 4 is 46.9 Å². The van der Waals surface area contributed by atoms with Gasteiger partial charge in [-0.1, -0.05) is 38.1 Å². The fourth-order valence-electron chi connectivity index (χ4n) is 4.58. The van der Waals surface area contributed by atoms with Crippen LogP contribution in [0.2, 0.25) is 0 Å². The van der Waals surface area contributed by atoms with Crippen molar-refractivity contribution < 1.29 is 9.47 Å². The molecule has 2 aromatic heterocycles. The second-order valence-electron chi connectivity index (χ2n) is 8.46. The van der Waals surface area contributed by atoms with Gasteiger partial charge in [0.2, 0.25) is 11.2 Å². The summed E-state index contributed by atoms with van der Waals surface area (Å²) in [7, 11) is 0. The highest BCUT2D eigenvalue weighted by molar-refractivity contribution is 5.85.